The highest BCUT2D eigenvalue weighted by atomic mass is 35.5. The van der Waals surface area contributed by atoms with Crippen LogP contribution in [-0.2, 0) is 19.6 Å². The molecule has 33 heavy (non-hydrogen) atoms. The fourth-order valence-electron chi connectivity index (χ4n) is 3.66. The molecule has 1 aromatic heterocycles. The molecule has 1 heterocycles. The zero-order valence-electron chi connectivity index (χ0n) is 18.6. The fourth-order valence-corrected chi connectivity index (χ4v) is 3.98. The van der Waals surface area contributed by atoms with Crippen LogP contribution in [0.2, 0.25) is 5.15 Å². The van der Waals surface area contributed by atoms with Crippen LogP contribution in [-0.4, -0.2) is 27.5 Å². The molecule has 0 saturated carbocycles. The minimum absolute atomic E-state index is 0.00888. The molecule has 5 nitrogen and oxygen atoms in total. The van der Waals surface area contributed by atoms with E-state index >= 15 is 0 Å². The monoisotopic (exact) mass is 461 g/mol. The fraction of sp³-hybridized carbons (Fsp3) is 0.222. The summed E-state index contributed by atoms with van der Waals surface area (Å²) in [4.78, 5) is 0. The number of aryl methyl sites for hydroxylation is 1. The van der Waals surface area contributed by atoms with E-state index in [0.717, 1.165) is 34.7 Å². The summed E-state index contributed by atoms with van der Waals surface area (Å²) in [6.45, 7) is 3.05. The summed E-state index contributed by atoms with van der Waals surface area (Å²) in [6, 6.07) is 28.0. The van der Waals surface area contributed by atoms with Crippen molar-refractivity contribution in [1.29, 1.82) is 0 Å². The standard InChI is InChI=1S/C27H28ClN3O2/c1-20-26(27(28)31(30-20)24-10-6-3-7-11-24)19-33-25-14-12-22(13-15-25)17-29-23(18-32)16-21-8-4-2-5-9-21/h2-15,23,29,32H,16-19H2,1H3/t23-/m0/s1. The third-order valence-corrected chi connectivity index (χ3v) is 5.96. The van der Waals surface area contributed by atoms with Crippen molar-refractivity contribution in [3.63, 3.8) is 0 Å². The van der Waals surface area contributed by atoms with Gasteiger partial charge in [-0.2, -0.15) is 5.10 Å². The van der Waals surface area contributed by atoms with E-state index in [1.54, 1.807) is 4.68 Å². The molecule has 0 fully saturated rings. The number of nitrogens with one attached hydrogen (secondary N) is 1. The van der Waals surface area contributed by atoms with Crippen LogP contribution < -0.4 is 10.1 Å². The summed E-state index contributed by atoms with van der Waals surface area (Å²) in [7, 11) is 0. The first kappa shape index (κ1) is 23.1. The Morgan fingerprint density at radius 3 is 2.27 bits per heavy atom. The van der Waals surface area contributed by atoms with Gasteiger partial charge in [-0.3, -0.25) is 0 Å². The molecule has 0 aliphatic rings. The highest BCUT2D eigenvalue weighted by molar-refractivity contribution is 6.30. The number of aliphatic hydroxyl groups is 1. The molecule has 4 rings (SSSR count). The minimum atomic E-state index is 0.00888. The molecule has 0 bridgehead atoms. The van der Waals surface area contributed by atoms with E-state index in [4.69, 9.17) is 16.3 Å². The first-order chi connectivity index (χ1) is 16.1. The SMILES string of the molecule is Cc1nn(-c2ccccc2)c(Cl)c1COc1ccc(CN[C@H](CO)Cc2ccccc2)cc1. The lowest BCUT2D eigenvalue weighted by molar-refractivity contribution is 0.241. The molecule has 1 atom stereocenters. The Kier molecular flexibility index (Phi) is 7.79. The van der Waals surface area contributed by atoms with Crippen molar-refractivity contribution in [2.75, 3.05) is 6.61 Å². The Balaban J connectivity index is 1.32. The van der Waals surface area contributed by atoms with Crippen molar-refractivity contribution < 1.29 is 9.84 Å². The molecule has 0 spiro atoms. The molecular formula is C27H28ClN3O2. The van der Waals surface area contributed by atoms with Gasteiger partial charge in [-0.1, -0.05) is 72.3 Å². The highest BCUT2D eigenvalue weighted by Gasteiger charge is 2.15. The smallest absolute Gasteiger partial charge is 0.139 e. The number of para-hydroxylation sites is 1. The Morgan fingerprint density at radius 2 is 1.61 bits per heavy atom. The molecular weight excluding hydrogens is 434 g/mol. The van der Waals surface area contributed by atoms with Gasteiger partial charge < -0.3 is 15.2 Å². The van der Waals surface area contributed by atoms with E-state index in [2.05, 4.69) is 22.5 Å². The van der Waals surface area contributed by atoms with Gasteiger partial charge in [0.2, 0.25) is 0 Å². The maximum atomic E-state index is 9.71. The lowest BCUT2D eigenvalue weighted by Gasteiger charge is -2.16. The van der Waals surface area contributed by atoms with Gasteiger partial charge in [0.05, 0.1) is 18.0 Å². The van der Waals surface area contributed by atoms with Crippen LogP contribution in [0.3, 0.4) is 0 Å². The summed E-state index contributed by atoms with van der Waals surface area (Å²) in [5.41, 5.74) is 4.97. The van der Waals surface area contributed by atoms with Gasteiger partial charge in [-0.25, -0.2) is 4.68 Å². The second-order valence-electron chi connectivity index (χ2n) is 7.98. The van der Waals surface area contributed by atoms with Crippen LogP contribution in [0.5, 0.6) is 5.75 Å². The largest absolute Gasteiger partial charge is 0.489 e. The predicted molar refractivity (Wildman–Crippen MR) is 132 cm³/mol. The maximum Gasteiger partial charge on any atom is 0.139 e. The molecule has 0 unspecified atom stereocenters. The summed E-state index contributed by atoms with van der Waals surface area (Å²) >= 11 is 6.59. The van der Waals surface area contributed by atoms with Crippen molar-refractivity contribution in [1.82, 2.24) is 15.1 Å². The molecule has 170 valence electrons. The molecule has 0 saturated heterocycles. The molecule has 4 aromatic rings. The zero-order chi connectivity index (χ0) is 23.0. The van der Waals surface area contributed by atoms with Crippen LogP contribution >= 0.6 is 11.6 Å². The second kappa shape index (κ2) is 11.1. The van der Waals surface area contributed by atoms with E-state index < -0.39 is 0 Å². The topological polar surface area (TPSA) is 59.3 Å². The summed E-state index contributed by atoms with van der Waals surface area (Å²) in [6.07, 6.45) is 0.787. The average Bonchev–Trinajstić information content (AvgIpc) is 3.15. The molecule has 6 heteroatoms. The first-order valence-electron chi connectivity index (χ1n) is 11.0. The lowest BCUT2D eigenvalue weighted by atomic mass is 10.1. The average molecular weight is 462 g/mol. The third kappa shape index (κ3) is 6.02. The normalized spacial score (nSPS) is 12.0. The quantitative estimate of drug-likeness (QED) is 0.344. The zero-order valence-corrected chi connectivity index (χ0v) is 19.4. The molecule has 0 radical (unpaired) electrons. The van der Waals surface area contributed by atoms with Crippen LogP contribution in [0.1, 0.15) is 22.4 Å². The number of aliphatic hydroxyl groups excluding tert-OH is 1. The van der Waals surface area contributed by atoms with Gasteiger partial charge in [0.1, 0.15) is 17.5 Å². The van der Waals surface area contributed by atoms with Crippen LogP contribution in [0, 0.1) is 6.92 Å². The molecule has 0 aliphatic heterocycles. The van der Waals surface area contributed by atoms with Gasteiger partial charge in [0.25, 0.3) is 0 Å². The van der Waals surface area contributed by atoms with E-state index in [1.807, 2.05) is 79.7 Å². The van der Waals surface area contributed by atoms with Crippen molar-refractivity contribution in [3.05, 3.63) is 112 Å². The van der Waals surface area contributed by atoms with Crippen molar-refractivity contribution >= 4 is 11.6 Å². The predicted octanol–water partition coefficient (Wildman–Crippen LogP) is 5.11. The first-order valence-corrected chi connectivity index (χ1v) is 11.4. The highest BCUT2D eigenvalue weighted by Crippen LogP contribution is 2.25. The van der Waals surface area contributed by atoms with E-state index in [9.17, 15) is 5.11 Å². The Labute approximate surface area is 199 Å². The van der Waals surface area contributed by atoms with E-state index in [0.29, 0.717) is 18.3 Å². The lowest BCUT2D eigenvalue weighted by Crippen LogP contribution is -2.34. The molecule has 2 N–H and O–H groups in total. The van der Waals surface area contributed by atoms with Gasteiger partial charge in [0, 0.05) is 18.2 Å². The van der Waals surface area contributed by atoms with Gasteiger partial charge >= 0.3 is 0 Å². The van der Waals surface area contributed by atoms with Gasteiger partial charge in [-0.05, 0) is 48.7 Å². The van der Waals surface area contributed by atoms with Crippen molar-refractivity contribution in [2.24, 2.45) is 0 Å². The Morgan fingerprint density at radius 1 is 0.939 bits per heavy atom. The van der Waals surface area contributed by atoms with Crippen molar-refractivity contribution in [2.45, 2.75) is 32.5 Å². The van der Waals surface area contributed by atoms with Gasteiger partial charge in [0.15, 0.2) is 0 Å². The number of rotatable bonds is 10. The summed E-state index contributed by atoms with van der Waals surface area (Å²) < 4.78 is 7.72. The second-order valence-corrected chi connectivity index (χ2v) is 8.34. The van der Waals surface area contributed by atoms with Crippen molar-refractivity contribution in [3.8, 4) is 11.4 Å². The van der Waals surface area contributed by atoms with Crippen LogP contribution in [0.25, 0.3) is 5.69 Å². The van der Waals surface area contributed by atoms with E-state index in [1.165, 1.54) is 5.56 Å². The third-order valence-electron chi connectivity index (χ3n) is 5.57. The number of aromatic nitrogens is 2. The number of nitrogens with zero attached hydrogens (tertiary/aromatic N) is 2. The van der Waals surface area contributed by atoms with Crippen LogP contribution in [0.15, 0.2) is 84.9 Å². The van der Waals surface area contributed by atoms with E-state index in [-0.39, 0.29) is 12.6 Å². The van der Waals surface area contributed by atoms with Crippen LogP contribution in [0.4, 0.5) is 0 Å². The van der Waals surface area contributed by atoms with Gasteiger partial charge in [-0.15, -0.1) is 0 Å². The number of ether oxygens (including phenoxy) is 1. The minimum Gasteiger partial charge on any atom is -0.489 e. The summed E-state index contributed by atoms with van der Waals surface area (Å²) in [5.74, 6) is 0.768. The molecule has 3 aromatic carbocycles. The number of benzene rings is 3. The Hall–Kier alpha value is -3.12. The molecule has 0 amide bonds. The number of hydrogen-bond acceptors (Lipinski definition) is 4. The summed E-state index contributed by atoms with van der Waals surface area (Å²) in [5, 5.41) is 18.3. The maximum absolute atomic E-state index is 9.71. The molecule has 0 aliphatic carbocycles. The number of halogens is 1. The Bertz CT molecular complexity index is 1150. The number of hydrogen-bond donors (Lipinski definition) is 2.